The highest BCUT2D eigenvalue weighted by Gasteiger charge is 2.27. The zero-order valence-electron chi connectivity index (χ0n) is 14.8. The van der Waals surface area contributed by atoms with Crippen molar-refractivity contribution >= 4 is 40.7 Å². The molecule has 2 aromatic rings. The number of nitrogens with zero attached hydrogens (tertiary/aromatic N) is 4. The number of carbonyl (C=O) groups is 1. The molecule has 0 bridgehead atoms. The van der Waals surface area contributed by atoms with Gasteiger partial charge in [0.05, 0.1) is 10.7 Å². The largest absolute Gasteiger partial charge is 0.338 e. The molecule has 0 saturated carbocycles. The molecule has 1 aliphatic heterocycles. The number of hydrogen-bond donors (Lipinski definition) is 0. The molecule has 1 amide bonds. The van der Waals surface area contributed by atoms with Crippen LogP contribution in [-0.2, 0) is 11.3 Å². The standard InChI is InChI=1S/C18H21Cl3N4O/c1-12-17(21)11-25(22-12)13(2)18(26)24-8-6-23(7-9-24)10-14-15(19)4-3-5-16(14)20/h3-5,11,13H,6-10H2,1-2H3. The lowest BCUT2D eigenvalue weighted by atomic mass is 10.2. The van der Waals surface area contributed by atoms with Gasteiger partial charge >= 0.3 is 0 Å². The molecule has 1 aromatic carbocycles. The van der Waals surface area contributed by atoms with Crippen LogP contribution in [0.15, 0.2) is 24.4 Å². The first-order valence-electron chi connectivity index (χ1n) is 8.52. The number of benzene rings is 1. The van der Waals surface area contributed by atoms with Crippen LogP contribution in [0.4, 0.5) is 0 Å². The van der Waals surface area contributed by atoms with Crippen LogP contribution in [-0.4, -0.2) is 51.7 Å². The van der Waals surface area contributed by atoms with Crippen LogP contribution in [0.3, 0.4) is 0 Å². The van der Waals surface area contributed by atoms with Gasteiger partial charge in [0.2, 0.25) is 5.91 Å². The van der Waals surface area contributed by atoms with E-state index in [0.717, 1.165) is 24.3 Å². The molecule has 1 saturated heterocycles. The second-order valence-corrected chi connectivity index (χ2v) is 7.74. The van der Waals surface area contributed by atoms with Crippen LogP contribution in [0.5, 0.6) is 0 Å². The van der Waals surface area contributed by atoms with Gasteiger partial charge in [0, 0.05) is 54.5 Å². The Labute approximate surface area is 168 Å². The highest BCUT2D eigenvalue weighted by Crippen LogP contribution is 2.26. The topological polar surface area (TPSA) is 41.4 Å². The van der Waals surface area contributed by atoms with Crippen LogP contribution < -0.4 is 0 Å². The lowest BCUT2D eigenvalue weighted by molar-refractivity contribution is -0.136. The molecule has 1 unspecified atom stereocenters. The summed E-state index contributed by atoms with van der Waals surface area (Å²) in [6.07, 6.45) is 1.70. The molecule has 0 N–H and O–H groups in total. The highest BCUT2D eigenvalue weighted by molar-refractivity contribution is 6.36. The van der Waals surface area contributed by atoms with Crippen molar-refractivity contribution in [3.05, 3.63) is 50.7 Å². The van der Waals surface area contributed by atoms with Gasteiger partial charge in [-0.05, 0) is 26.0 Å². The van der Waals surface area contributed by atoms with Crippen LogP contribution in [0, 0.1) is 6.92 Å². The predicted octanol–water partition coefficient (Wildman–Crippen LogP) is 4.06. The lowest BCUT2D eigenvalue weighted by Gasteiger charge is -2.36. The summed E-state index contributed by atoms with van der Waals surface area (Å²) < 4.78 is 1.63. The van der Waals surface area contributed by atoms with Crippen molar-refractivity contribution in [2.24, 2.45) is 0 Å². The van der Waals surface area contributed by atoms with Crippen molar-refractivity contribution in [3.63, 3.8) is 0 Å². The number of aryl methyl sites for hydroxylation is 1. The third-order valence-electron chi connectivity index (χ3n) is 4.74. The Morgan fingerprint density at radius 3 is 2.27 bits per heavy atom. The van der Waals surface area contributed by atoms with E-state index in [1.165, 1.54) is 0 Å². The quantitative estimate of drug-likeness (QED) is 0.756. The van der Waals surface area contributed by atoms with Gasteiger partial charge in [0.15, 0.2) is 0 Å². The zero-order chi connectivity index (χ0) is 18.8. The van der Waals surface area contributed by atoms with E-state index in [2.05, 4.69) is 10.00 Å². The summed E-state index contributed by atoms with van der Waals surface area (Å²) in [4.78, 5) is 16.9. The molecule has 26 heavy (non-hydrogen) atoms. The van der Waals surface area contributed by atoms with Gasteiger partial charge in [-0.25, -0.2) is 0 Å². The fourth-order valence-corrected chi connectivity index (χ4v) is 3.72. The normalized spacial score (nSPS) is 16.7. The average Bonchev–Trinajstić information content (AvgIpc) is 2.96. The van der Waals surface area contributed by atoms with Crippen molar-refractivity contribution in [1.82, 2.24) is 19.6 Å². The van der Waals surface area contributed by atoms with Crippen molar-refractivity contribution in [3.8, 4) is 0 Å². The molecule has 1 aromatic heterocycles. The number of hydrogen-bond acceptors (Lipinski definition) is 3. The number of amides is 1. The Morgan fingerprint density at radius 1 is 1.12 bits per heavy atom. The third-order valence-corrected chi connectivity index (χ3v) is 5.82. The van der Waals surface area contributed by atoms with E-state index >= 15 is 0 Å². The molecule has 0 spiro atoms. The molecule has 1 aliphatic rings. The number of piperazine rings is 1. The smallest absolute Gasteiger partial charge is 0.247 e. The van der Waals surface area contributed by atoms with E-state index in [1.54, 1.807) is 10.9 Å². The first kappa shape index (κ1) is 19.5. The van der Waals surface area contributed by atoms with Crippen LogP contribution >= 0.6 is 34.8 Å². The summed E-state index contributed by atoms with van der Waals surface area (Å²) >= 11 is 18.6. The van der Waals surface area contributed by atoms with E-state index in [4.69, 9.17) is 34.8 Å². The van der Waals surface area contributed by atoms with E-state index in [-0.39, 0.29) is 11.9 Å². The van der Waals surface area contributed by atoms with Crippen LogP contribution in [0.1, 0.15) is 24.2 Å². The summed E-state index contributed by atoms with van der Waals surface area (Å²) in [7, 11) is 0. The van der Waals surface area contributed by atoms with Gasteiger partial charge in [0.1, 0.15) is 6.04 Å². The Bertz CT molecular complexity index is 760. The van der Waals surface area contributed by atoms with Gasteiger partial charge in [-0.15, -0.1) is 0 Å². The Morgan fingerprint density at radius 2 is 1.73 bits per heavy atom. The fourth-order valence-electron chi connectivity index (χ4n) is 3.07. The van der Waals surface area contributed by atoms with Crippen LogP contribution in [0.25, 0.3) is 0 Å². The third kappa shape index (κ3) is 4.17. The maximum absolute atomic E-state index is 12.8. The lowest BCUT2D eigenvalue weighted by Crippen LogP contribution is -2.50. The minimum Gasteiger partial charge on any atom is -0.338 e. The van der Waals surface area contributed by atoms with Gasteiger partial charge in [-0.3, -0.25) is 14.4 Å². The minimum absolute atomic E-state index is 0.0552. The van der Waals surface area contributed by atoms with E-state index in [9.17, 15) is 4.79 Å². The monoisotopic (exact) mass is 414 g/mol. The molecule has 0 radical (unpaired) electrons. The summed E-state index contributed by atoms with van der Waals surface area (Å²) in [5.41, 5.74) is 1.67. The second-order valence-electron chi connectivity index (χ2n) is 6.52. The highest BCUT2D eigenvalue weighted by atomic mass is 35.5. The molecule has 1 atom stereocenters. The molecular formula is C18H21Cl3N4O. The summed E-state index contributed by atoms with van der Waals surface area (Å²) in [5, 5.41) is 6.24. The SMILES string of the molecule is Cc1nn(C(C)C(=O)N2CCN(Cc3c(Cl)cccc3Cl)CC2)cc1Cl. The first-order valence-corrected chi connectivity index (χ1v) is 9.65. The van der Waals surface area contributed by atoms with E-state index in [1.807, 2.05) is 36.9 Å². The molecule has 5 nitrogen and oxygen atoms in total. The van der Waals surface area contributed by atoms with Gasteiger partial charge < -0.3 is 4.90 Å². The maximum atomic E-state index is 12.8. The maximum Gasteiger partial charge on any atom is 0.247 e. The number of halogens is 3. The van der Waals surface area contributed by atoms with Crippen molar-refractivity contribution in [2.45, 2.75) is 26.4 Å². The summed E-state index contributed by atoms with van der Waals surface area (Å²) in [5.74, 6) is 0.0552. The molecule has 140 valence electrons. The summed E-state index contributed by atoms with van der Waals surface area (Å²) in [6.45, 7) is 7.25. The molecular weight excluding hydrogens is 395 g/mol. The molecule has 1 fully saturated rings. The van der Waals surface area contributed by atoms with Gasteiger partial charge in [-0.2, -0.15) is 5.10 Å². The molecule has 8 heteroatoms. The Hall–Kier alpha value is -1.27. The molecule has 0 aliphatic carbocycles. The Balaban J connectivity index is 1.58. The zero-order valence-corrected chi connectivity index (χ0v) is 17.0. The van der Waals surface area contributed by atoms with E-state index < -0.39 is 0 Å². The second kappa shape index (κ2) is 8.17. The first-order chi connectivity index (χ1) is 12.4. The fraction of sp³-hybridized carbons (Fsp3) is 0.444. The molecule has 3 rings (SSSR count). The number of aromatic nitrogens is 2. The Kier molecular flexibility index (Phi) is 6.13. The summed E-state index contributed by atoms with van der Waals surface area (Å²) in [6, 6.07) is 5.17. The number of carbonyl (C=O) groups excluding carboxylic acids is 1. The van der Waals surface area contributed by atoms with Crippen molar-refractivity contribution in [1.29, 1.82) is 0 Å². The average molecular weight is 416 g/mol. The van der Waals surface area contributed by atoms with Crippen LogP contribution in [0.2, 0.25) is 15.1 Å². The van der Waals surface area contributed by atoms with Gasteiger partial charge in [-0.1, -0.05) is 40.9 Å². The van der Waals surface area contributed by atoms with Crippen molar-refractivity contribution in [2.75, 3.05) is 26.2 Å². The van der Waals surface area contributed by atoms with Gasteiger partial charge in [0.25, 0.3) is 0 Å². The minimum atomic E-state index is -0.370. The number of rotatable bonds is 4. The predicted molar refractivity (Wildman–Crippen MR) is 105 cm³/mol. The molecule has 2 heterocycles. The van der Waals surface area contributed by atoms with Crippen molar-refractivity contribution < 1.29 is 4.79 Å². The van der Waals surface area contributed by atoms with E-state index in [0.29, 0.717) is 34.7 Å².